The summed E-state index contributed by atoms with van der Waals surface area (Å²) in [5.41, 5.74) is -0.319. The van der Waals surface area contributed by atoms with E-state index in [-0.39, 0.29) is 18.7 Å². The lowest BCUT2D eigenvalue weighted by atomic mass is 10.2. The van der Waals surface area contributed by atoms with Gasteiger partial charge in [0.25, 0.3) is 5.56 Å². The first kappa shape index (κ1) is 23.4. The fourth-order valence-electron chi connectivity index (χ4n) is 2.72. The van der Waals surface area contributed by atoms with E-state index in [1.165, 1.54) is 13.1 Å². The van der Waals surface area contributed by atoms with Gasteiger partial charge in [0.05, 0.1) is 0 Å². The third kappa shape index (κ3) is 7.14. The van der Waals surface area contributed by atoms with Crippen LogP contribution in [0.15, 0.2) is 46.1 Å². The maximum Gasteiger partial charge on any atom is 0.407 e. The lowest BCUT2D eigenvalue weighted by Crippen LogP contribution is -2.49. The number of aliphatic carboxylic acids is 1. The number of carboxylic acids is 1. The van der Waals surface area contributed by atoms with Crippen LogP contribution in [-0.2, 0) is 27.5 Å². The number of nitrogens with one attached hydrogen (secondary N) is 2. The number of rotatable bonds is 9. The standard InChI is InChI=1S/C20H24N4O7/c1-13-9-23(19(29)22-18(13)28)10-16(25)24(11-17(26)27)14(2)8-21-20(30)31-12-15-6-4-3-5-7-15/h3-7,9,14H,8,10-12H2,1-2H3,(H,21,30)(H,26,27)(H,22,28,29)/t14-/m0/s1. The van der Waals surface area contributed by atoms with Crippen molar-refractivity contribution < 1.29 is 24.2 Å². The first-order valence-corrected chi connectivity index (χ1v) is 9.43. The van der Waals surface area contributed by atoms with Crippen molar-refractivity contribution in [2.24, 2.45) is 0 Å². The Labute approximate surface area is 177 Å². The molecule has 1 aromatic carbocycles. The van der Waals surface area contributed by atoms with Gasteiger partial charge in [0.15, 0.2) is 0 Å². The lowest BCUT2D eigenvalue weighted by molar-refractivity contribution is -0.146. The Hall–Kier alpha value is -3.89. The van der Waals surface area contributed by atoms with Gasteiger partial charge in [-0.15, -0.1) is 0 Å². The summed E-state index contributed by atoms with van der Waals surface area (Å²) in [4.78, 5) is 62.2. The normalized spacial score (nSPS) is 11.4. The van der Waals surface area contributed by atoms with Crippen molar-refractivity contribution in [3.63, 3.8) is 0 Å². The highest BCUT2D eigenvalue weighted by atomic mass is 16.5. The van der Waals surface area contributed by atoms with Crippen LogP contribution in [0.5, 0.6) is 0 Å². The molecule has 0 aliphatic heterocycles. The van der Waals surface area contributed by atoms with Crippen molar-refractivity contribution in [1.82, 2.24) is 19.8 Å². The second-order valence-electron chi connectivity index (χ2n) is 6.91. The van der Waals surface area contributed by atoms with E-state index in [0.29, 0.717) is 0 Å². The summed E-state index contributed by atoms with van der Waals surface area (Å²) in [6.45, 7) is 1.94. The van der Waals surface area contributed by atoms with Crippen molar-refractivity contribution in [2.75, 3.05) is 13.1 Å². The zero-order valence-corrected chi connectivity index (χ0v) is 17.2. The van der Waals surface area contributed by atoms with Crippen molar-refractivity contribution in [2.45, 2.75) is 33.0 Å². The van der Waals surface area contributed by atoms with Gasteiger partial charge in [0.2, 0.25) is 5.91 Å². The van der Waals surface area contributed by atoms with Crippen LogP contribution in [-0.4, -0.2) is 56.7 Å². The summed E-state index contributed by atoms with van der Waals surface area (Å²) in [7, 11) is 0. The highest BCUT2D eigenvalue weighted by Gasteiger charge is 2.24. The van der Waals surface area contributed by atoms with Crippen LogP contribution in [0, 0.1) is 6.92 Å². The summed E-state index contributed by atoms with van der Waals surface area (Å²) in [5.74, 6) is -1.92. The zero-order valence-electron chi connectivity index (χ0n) is 17.2. The van der Waals surface area contributed by atoms with Crippen molar-refractivity contribution in [3.8, 4) is 0 Å². The van der Waals surface area contributed by atoms with Gasteiger partial charge in [-0.05, 0) is 19.4 Å². The van der Waals surface area contributed by atoms with E-state index < -0.39 is 48.4 Å². The maximum atomic E-state index is 12.7. The van der Waals surface area contributed by atoms with Crippen LogP contribution in [0.4, 0.5) is 4.79 Å². The first-order valence-electron chi connectivity index (χ1n) is 9.43. The molecule has 1 atom stereocenters. The predicted octanol–water partition coefficient (Wildman–Crippen LogP) is 0.0731. The molecule has 2 aromatic rings. The van der Waals surface area contributed by atoms with Crippen LogP contribution in [0.2, 0.25) is 0 Å². The number of aromatic nitrogens is 2. The van der Waals surface area contributed by atoms with Crippen LogP contribution < -0.4 is 16.6 Å². The Balaban J connectivity index is 1.98. The molecule has 0 bridgehead atoms. The van der Waals surface area contributed by atoms with E-state index in [9.17, 15) is 24.0 Å². The van der Waals surface area contributed by atoms with E-state index in [2.05, 4.69) is 10.3 Å². The summed E-state index contributed by atoms with van der Waals surface area (Å²) >= 11 is 0. The molecule has 11 heteroatoms. The van der Waals surface area contributed by atoms with Crippen LogP contribution >= 0.6 is 0 Å². The molecule has 31 heavy (non-hydrogen) atoms. The molecular weight excluding hydrogens is 408 g/mol. The van der Waals surface area contributed by atoms with Gasteiger partial charge in [-0.3, -0.25) is 23.9 Å². The number of benzene rings is 1. The third-order valence-corrected chi connectivity index (χ3v) is 4.41. The minimum absolute atomic E-state index is 0.0628. The molecule has 1 aromatic heterocycles. The summed E-state index contributed by atoms with van der Waals surface area (Å²) in [5, 5.41) is 11.6. The largest absolute Gasteiger partial charge is 0.480 e. The molecule has 0 saturated heterocycles. The monoisotopic (exact) mass is 432 g/mol. The highest BCUT2D eigenvalue weighted by Crippen LogP contribution is 2.03. The van der Waals surface area contributed by atoms with Gasteiger partial charge in [-0.1, -0.05) is 30.3 Å². The number of ether oxygens (including phenoxy) is 1. The second kappa shape index (κ2) is 10.8. The van der Waals surface area contributed by atoms with E-state index in [4.69, 9.17) is 9.84 Å². The number of hydrogen-bond acceptors (Lipinski definition) is 6. The molecule has 0 spiro atoms. The van der Waals surface area contributed by atoms with Gasteiger partial charge in [-0.25, -0.2) is 9.59 Å². The maximum absolute atomic E-state index is 12.7. The fraction of sp³-hybridized carbons (Fsp3) is 0.350. The smallest absolute Gasteiger partial charge is 0.407 e. The van der Waals surface area contributed by atoms with Crippen LogP contribution in [0.3, 0.4) is 0 Å². The number of nitrogens with zero attached hydrogens (tertiary/aromatic N) is 2. The molecule has 166 valence electrons. The minimum atomic E-state index is -1.25. The molecule has 0 saturated carbocycles. The first-order chi connectivity index (χ1) is 14.7. The molecule has 3 N–H and O–H groups in total. The van der Waals surface area contributed by atoms with Crippen molar-refractivity contribution in [3.05, 3.63) is 68.5 Å². The van der Waals surface area contributed by atoms with Gasteiger partial charge < -0.3 is 20.1 Å². The number of amides is 2. The Morgan fingerprint density at radius 2 is 1.90 bits per heavy atom. The number of alkyl carbamates (subject to hydrolysis) is 1. The van der Waals surface area contributed by atoms with Gasteiger partial charge >= 0.3 is 17.8 Å². The van der Waals surface area contributed by atoms with Gasteiger partial charge in [-0.2, -0.15) is 0 Å². The fourth-order valence-corrected chi connectivity index (χ4v) is 2.72. The molecule has 2 rings (SSSR count). The van der Waals surface area contributed by atoms with Crippen molar-refractivity contribution >= 4 is 18.0 Å². The molecule has 0 fully saturated rings. The Kier molecular flexibility index (Phi) is 8.12. The van der Waals surface area contributed by atoms with Crippen LogP contribution in [0.25, 0.3) is 0 Å². The van der Waals surface area contributed by atoms with E-state index >= 15 is 0 Å². The zero-order chi connectivity index (χ0) is 23.0. The van der Waals surface area contributed by atoms with Crippen molar-refractivity contribution in [1.29, 1.82) is 0 Å². The third-order valence-electron chi connectivity index (χ3n) is 4.41. The van der Waals surface area contributed by atoms with Gasteiger partial charge in [0, 0.05) is 24.3 Å². The molecule has 11 nitrogen and oxygen atoms in total. The number of carboxylic acid groups (broad SMARTS) is 1. The van der Waals surface area contributed by atoms with E-state index in [1.54, 1.807) is 19.1 Å². The number of hydrogen-bond donors (Lipinski definition) is 3. The Morgan fingerprint density at radius 1 is 1.23 bits per heavy atom. The molecule has 1 heterocycles. The number of H-pyrrole nitrogens is 1. The number of aromatic amines is 1. The van der Waals surface area contributed by atoms with Crippen LogP contribution in [0.1, 0.15) is 18.1 Å². The lowest BCUT2D eigenvalue weighted by Gasteiger charge is -2.28. The molecule has 0 aliphatic carbocycles. The number of carbonyl (C=O) groups is 3. The summed E-state index contributed by atoms with van der Waals surface area (Å²) in [6, 6.07) is 8.34. The number of carbonyl (C=O) groups excluding carboxylic acids is 2. The Bertz CT molecular complexity index is 1050. The van der Waals surface area contributed by atoms with Gasteiger partial charge in [0.1, 0.15) is 19.7 Å². The average molecular weight is 432 g/mol. The Morgan fingerprint density at radius 3 is 2.55 bits per heavy atom. The molecular formula is C20H24N4O7. The van der Waals surface area contributed by atoms with E-state index in [0.717, 1.165) is 15.0 Å². The summed E-state index contributed by atoms with van der Waals surface area (Å²) in [6.07, 6.45) is 0.507. The second-order valence-corrected chi connectivity index (χ2v) is 6.91. The highest BCUT2D eigenvalue weighted by molar-refractivity contribution is 5.81. The average Bonchev–Trinajstić information content (AvgIpc) is 2.73. The minimum Gasteiger partial charge on any atom is -0.480 e. The quantitative estimate of drug-likeness (QED) is 0.507. The van der Waals surface area contributed by atoms with E-state index in [1.807, 2.05) is 18.2 Å². The predicted molar refractivity (Wildman–Crippen MR) is 110 cm³/mol. The molecule has 2 amide bonds. The molecule has 0 radical (unpaired) electrons. The molecule has 0 unspecified atom stereocenters. The number of aryl methyl sites for hydroxylation is 1. The summed E-state index contributed by atoms with van der Waals surface area (Å²) < 4.78 is 6.07. The SMILES string of the molecule is Cc1cn(CC(=O)N(CC(=O)O)[C@@H](C)CNC(=O)OCc2ccccc2)c(=O)[nH]c1=O. The molecule has 0 aliphatic rings. The topological polar surface area (TPSA) is 151 Å².